The molecule has 0 aliphatic carbocycles. The van der Waals surface area contributed by atoms with Crippen molar-refractivity contribution in [2.24, 2.45) is 0 Å². The Labute approximate surface area is 141 Å². The van der Waals surface area contributed by atoms with Gasteiger partial charge in [0.2, 0.25) is 5.89 Å². The number of nitrogens with zero attached hydrogens (tertiary/aromatic N) is 4. The summed E-state index contributed by atoms with van der Waals surface area (Å²) < 4.78 is 7.24. The summed E-state index contributed by atoms with van der Waals surface area (Å²) >= 11 is 0. The summed E-state index contributed by atoms with van der Waals surface area (Å²) in [6, 6.07) is 10.0. The fourth-order valence-electron chi connectivity index (χ4n) is 2.25. The molecular formula is C18H23N5O. The molecule has 2 heterocycles. The van der Waals surface area contributed by atoms with Crippen molar-refractivity contribution in [3.05, 3.63) is 60.0 Å². The topological polar surface area (TPSA) is 68.8 Å². The lowest BCUT2D eigenvalue weighted by Crippen LogP contribution is -2.19. The highest BCUT2D eigenvalue weighted by atomic mass is 16.5. The second kappa shape index (κ2) is 6.57. The molecule has 1 aromatic carbocycles. The van der Waals surface area contributed by atoms with E-state index in [0.29, 0.717) is 12.4 Å². The maximum atomic E-state index is 5.37. The lowest BCUT2D eigenvalue weighted by Gasteiger charge is -2.11. The molecule has 3 rings (SSSR count). The third-order valence-corrected chi connectivity index (χ3v) is 3.75. The van der Waals surface area contributed by atoms with Crippen LogP contribution in [0.5, 0.6) is 0 Å². The normalized spacial score (nSPS) is 13.2. The first-order valence-corrected chi connectivity index (χ1v) is 8.10. The van der Waals surface area contributed by atoms with Crippen molar-refractivity contribution < 1.29 is 4.52 Å². The van der Waals surface area contributed by atoms with E-state index < -0.39 is 0 Å². The minimum Gasteiger partial charge on any atom is -0.338 e. The van der Waals surface area contributed by atoms with Gasteiger partial charge >= 0.3 is 0 Å². The molecule has 24 heavy (non-hydrogen) atoms. The summed E-state index contributed by atoms with van der Waals surface area (Å²) in [6.45, 7) is 8.90. The summed E-state index contributed by atoms with van der Waals surface area (Å²) in [5.41, 5.74) is 2.03. The van der Waals surface area contributed by atoms with E-state index in [1.54, 1.807) is 0 Å². The number of para-hydroxylation sites is 1. The average molecular weight is 325 g/mol. The van der Waals surface area contributed by atoms with Crippen molar-refractivity contribution >= 4 is 0 Å². The van der Waals surface area contributed by atoms with Crippen LogP contribution in [0.15, 0.2) is 47.2 Å². The molecule has 1 N–H and O–H groups in total. The van der Waals surface area contributed by atoms with Gasteiger partial charge in [-0.25, -0.2) is 4.68 Å². The Kier molecular flexibility index (Phi) is 4.49. The zero-order chi connectivity index (χ0) is 17.2. The number of hydrogen-bond acceptors (Lipinski definition) is 5. The predicted molar refractivity (Wildman–Crippen MR) is 91.8 cm³/mol. The molecule has 0 spiro atoms. The van der Waals surface area contributed by atoms with Gasteiger partial charge in [-0.15, -0.1) is 0 Å². The van der Waals surface area contributed by atoms with Crippen molar-refractivity contribution in [1.82, 2.24) is 25.2 Å². The lowest BCUT2D eigenvalue weighted by molar-refractivity contribution is 0.330. The summed E-state index contributed by atoms with van der Waals surface area (Å²) in [5.74, 6) is 1.33. The van der Waals surface area contributed by atoms with Crippen molar-refractivity contribution in [3.8, 4) is 5.69 Å². The third kappa shape index (κ3) is 3.71. The van der Waals surface area contributed by atoms with Gasteiger partial charge in [-0.05, 0) is 19.1 Å². The summed E-state index contributed by atoms with van der Waals surface area (Å²) in [6.07, 6.45) is 3.88. The van der Waals surface area contributed by atoms with Gasteiger partial charge in [0.05, 0.1) is 17.9 Å². The van der Waals surface area contributed by atoms with E-state index in [4.69, 9.17) is 4.52 Å². The fourth-order valence-corrected chi connectivity index (χ4v) is 2.25. The maximum Gasteiger partial charge on any atom is 0.243 e. The smallest absolute Gasteiger partial charge is 0.243 e. The van der Waals surface area contributed by atoms with E-state index in [0.717, 1.165) is 17.1 Å². The lowest BCUT2D eigenvalue weighted by atomic mass is 9.96. The Morgan fingerprint density at radius 1 is 1.21 bits per heavy atom. The van der Waals surface area contributed by atoms with Gasteiger partial charge in [-0.1, -0.05) is 44.1 Å². The van der Waals surface area contributed by atoms with Crippen LogP contribution in [0.4, 0.5) is 0 Å². The van der Waals surface area contributed by atoms with Crippen LogP contribution in [0.2, 0.25) is 0 Å². The van der Waals surface area contributed by atoms with E-state index in [-0.39, 0.29) is 11.5 Å². The van der Waals surface area contributed by atoms with Crippen LogP contribution >= 0.6 is 0 Å². The first-order valence-electron chi connectivity index (χ1n) is 8.10. The maximum absolute atomic E-state index is 5.37. The van der Waals surface area contributed by atoms with Crippen LogP contribution in [0.1, 0.15) is 51.0 Å². The number of benzene rings is 1. The Morgan fingerprint density at radius 2 is 1.96 bits per heavy atom. The van der Waals surface area contributed by atoms with Gasteiger partial charge in [-0.3, -0.25) is 0 Å². The van der Waals surface area contributed by atoms with Crippen molar-refractivity contribution in [3.63, 3.8) is 0 Å². The zero-order valence-electron chi connectivity index (χ0n) is 14.5. The molecule has 2 aromatic heterocycles. The van der Waals surface area contributed by atoms with E-state index in [1.807, 2.05) is 54.3 Å². The van der Waals surface area contributed by atoms with E-state index in [2.05, 4.69) is 41.3 Å². The van der Waals surface area contributed by atoms with Gasteiger partial charge in [-0.2, -0.15) is 10.1 Å². The first-order chi connectivity index (χ1) is 11.4. The summed E-state index contributed by atoms with van der Waals surface area (Å²) in [7, 11) is 0. The molecule has 6 nitrogen and oxygen atoms in total. The average Bonchev–Trinajstić information content (AvgIpc) is 3.22. The number of hydrogen-bond donors (Lipinski definition) is 1. The van der Waals surface area contributed by atoms with Gasteiger partial charge < -0.3 is 9.84 Å². The second-order valence-electron chi connectivity index (χ2n) is 6.94. The molecular weight excluding hydrogens is 302 g/mol. The van der Waals surface area contributed by atoms with Crippen LogP contribution in [-0.2, 0) is 12.0 Å². The van der Waals surface area contributed by atoms with E-state index in [9.17, 15) is 0 Å². The largest absolute Gasteiger partial charge is 0.338 e. The number of nitrogens with one attached hydrogen (secondary N) is 1. The van der Waals surface area contributed by atoms with Crippen LogP contribution in [0.25, 0.3) is 5.69 Å². The highest BCUT2D eigenvalue weighted by Gasteiger charge is 2.22. The Hall–Kier alpha value is -2.47. The summed E-state index contributed by atoms with van der Waals surface area (Å²) in [5, 5.41) is 11.9. The van der Waals surface area contributed by atoms with E-state index in [1.165, 1.54) is 0 Å². The molecule has 0 saturated carbocycles. The molecule has 0 fully saturated rings. The standard InChI is InChI=1S/C18H23N5O/c1-13(16-21-17(22-24-16)18(2,3)4)19-10-14-11-20-23(12-14)15-8-6-5-7-9-15/h5-9,11-13,19H,10H2,1-4H3. The molecule has 6 heteroatoms. The molecule has 0 amide bonds. The summed E-state index contributed by atoms with van der Waals surface area (Å²) in [4.78, 5) is 4.49. The Morgan fingerprint density at radius 3 is 2.62 bits per heavy atom. The SMILES string of the molecule is CC(NCc1cnn(-c2ccccc2)c1)c1nc(C(C)(C)C)no1. The van der Waals surface area contributed by atoms with Gasteiger partial charge in [0.15, 0.2) is 5.82 Å². The third-order valence-electron chi connectivity index (χ3n) is 3.75. The van der Waals surface area contributed by atoms with Crippen molar-refractivity contribution in [2.75, 3.05) is 0 Å². The second-order valence-corrected chi connectivity index (χ2v) is 6.94. The zero-order valence-corrected chi connectivity index (χ0v) is 14.5. The number of aromatic nitrogens is 4. The van der Waals surface area contributed by atoms with Gasteiger partial charge in [0, 0.05) is 23.7 Å². The molecule has 0 saturated heterocycles. The minimum atomic E-state index is -0.113. The van der Waals surface area contributed by atoms with Crippen molar-refractivity contribution in [2.45, 2.75) is 45.7 Å². The molecule has 0 aliphatic rings. The van der Waals surface area contributed by atoms with Gasteiger partial charge in [0.25, 0.3) is 0 Å². The molecule has 1 unspecified atom stereocenters. The van der Waals surface area contributed by atoms with E-state index >= 15 is 0 Å². The monoisotopic (exact) mass is 325 g/mol. The van der Waals surface area contributed by atoms with Gasteiger partial charge in [0.1, 0.15) is 0 Å². The predicted octanol–water partition coefficient (Wildman–Crippen LogP) is 3.40. The Balaban J connectivity index is 1.62. The number of rotatable bonds is 5. The molecule has 126 valence electrons. The molecule has 0 bridgehead atoms. The Bertz CT molecular complexity index is 785. The van der Waals surface area contributed by atoms with Crippen LogP contribution in [0, 0.1) is 0 Å². The molecule has 0 aliphatic heterocycles. The highest BCUT2D eigenvalue weighted by Crippen LogP contribution is 2.20. The van der Waals surface area contributed by atoms with Crippen LogP contribution < -0.4 is 5.32 Å². The van der Waals surface area contributed by atoms with Crippen LogP contribution in [-0.4, -0.2) is 19.9 Å². The molecule has 3 aromatic rings. The van der Waals surface area contributed by atoms with Crippen LogP contribution in [0.3, 0.4) is 0 Å². The van der Waals surface area contributed by atoms with Crippen molar-refractivity contribution in [1.29, 1.82) is 0 Å². The molecule has 0 radical (unpaired) electrons. The minimum absolute atomic E-state index is 0.0197. The fraction of sp³-hybridized carbons (Fsp3) is 0.389. The highest BCUT2D eigenvalue weighted by molar-refractivity contribution is 5.30. The molecule has 1 atom stereocenters. The first kappa shape index (κ1) is 16.4. The quantitative estimate of drug-likeness (QED) is 0.778.